The zero-order chi connectivity index (χ0) is 16.6. The number of hydrogen-bond acceptors (Lipinski definition) is 1. The molecule has 4 aliphatic rings. The Morgan fingerprint density at radius 1 is 0.875 bits per heavy atom. The largest absolute Gasteiger partial charge is 0.307 e. The first-order valence-corrected chi connectivity index (χ1v) is 11.5. The summed E-state index contributed by atoms with van der Waals surface area (Å²) in [6.07, 6.45) is 21.1. The van der Waals surface area contributed by atoms with Crippen molar-refractivity contribution >= 4 is 0 Å². The van der Waals surface area contributed by atoms with E-state index in [4.69, 9.17) is 0 Å². The van der Waals surface area contributed by atoms with Gasteiger partial charge in [-0.3, -0.25) is 0 Å². The van der Waals surface area contributed by atoms with E-state index in [1.165, 1.54) is 70.6 Å². The molecule has 0 bridgehead atoms. The van der Waals surface area contributed by atoms with Gasteiger partial charge in [-0.2, -0.15) is 0 Å². The fourth-order valence-electron chi connectivity index (χ4n) is 7.28. The lowest BCUT2D eigenvalue weighted by Gasteiger charge is -2.50. The van der Waals surface area contributed by atoms with E-state index in [-0.39, 0.29) is 0 Å². The third-order valence-corrected chi connectivity index (χ3v) is 8.80. The third kappa shape index (κ3) is 3.19. The highest BCUT2D eigenvalue weighted by molar-refractivity contribution is 5.15. The van der Waals surface area contributed by atoms with E-state index in [0.717, 1.165) is 35.8 Å². The van der Waals surface area contributed by atoms with E-state index in [9.17, 15) is 0 Å². The highest BCUT2D eigenvalue weighted by Crippen LogP contribution is 2.58. The summed E-state index contributed by atoms with van der Waals surface area (Å²) in [5, 5.41) is 4.10. The topological polar surface area (TPSA) is 21.9 Å². The van der Waals surface area contributed by atoms with Crippen molar-refractivity contribution in [2.45, 2.75) is 116 Å². The van der Waals surface area contributed by atoms with E-state index >= 15 is 0 Å². The molecular formula is C23H41N. The summed E-state index contributed by atoms with van der Waals surface area (Å²) in [6, 6.07) is 1.79. The standard InChI is InChI=1S/C23H41N/c1-3-18-13-12-17(2)20(16-18)23(14-8-5-9-15-23)22-21(24-22)19-10-6-4-7-11-19/h17-22,24H,3-16H2,1-2H3. The average Bonchev–Trinajstić information content (AvgIpc) is 3.45. The lowest BCUT2D eigenvalue weighted by atomic mass is 9.54. The molecule has 0 aromatic heterocycles. The molecule has 0 spiro atoms. The lowest BCUT2D eigenvalue weighted by Crippen LogP contribution is -2.45. The van der Waals surface area contributed by atoms with Crippen LogP contribution < -0.4 is 5.32 Å². The fraction of sp³-hybridized carbons (Fsp3) is 1.00. The second-order valence-corrected chi connectivity index (χ2v) is 10.0. The van der Waals surface area contributed by atoms with E-state index in [1.54, 1.807) is 19.3 Å². The van der Waals surface area contributed by atoms with Crippen LogP contribution in [0.1, 0.15) is 104 Å². The minimum absolute atomic E-state index is 0.674. The minimum atomic E-state index is 0.674. The summed E-state index contributed by atoms with van der Waals surface area (Å²) in [4.78, 5) is 0. The molecule has 1 nitrogen and oxygen atoms in total. The molecule has 4 rings (SSSR count). The molecule has 0 amide bonds. The second-order valence-electron chi connectivity index (χ2n) is 10.0. The normalized spacial score (nSPS) is 43.5. The zero-order valence-corrected chi connectivity index (χ0v) is 16.4. The quantitative estimate of drug-likeness (QED) is 0.598. The Balaban J connectivity index is 1.52. The molecule has 5 unspecified atom stereocenters. The Labute approximate surface area is 150 Å². The van der Waals surface area contributed by atoms with Gasteiger partial charge >= 0.3 is 0 Å². The van der Waals surface area contributed by atoms with Gasteiger partial charge < -0.3 is 5.32 Å². The van der Waals surface area contributed by atoms with Crippen LogP contribution >= 0.6 is 0 Å². The molecule has 0 aromatic rings. The number of rotatable bonds is 4. The van der Waals surface area contributed by atoms with Crippen LogP contribution in [-0.4, -0.2) is 12.1 Å². The maximum absolute atomic E-state index is 4.10. The van der Waals surface area contributed by atoms with Crippen LogP contribution in [0.25, 0.3) is 0 Å². The second kappa shape index (κ2) is 7.29. The van der Waals surface area contributed by atoms with Crippen molar-refractivity contribution in [3.63, 3.8) is 0 Å². The Kier molecular flexibility index (Phi) is 5.28. The summed E-state index contributed by atoms with van der Waals surface area (Å²) in [5.41, 5.74) is 0.674. The van der Waals surface area contributed by atoms with Crippen molar-refractivity contribution in [1.29, 1.82) is 0 Å². The maximum atomic E-state index is 4.10. The molecule has 4 fully saturated rings. The molecule has 0 radical (unpaired) electrons. The van der Waals surface area contributed by atoms with Crippen molar-refractivity contribution < 1.29 is 0 Å². The average molecular weight is 332 g/mol. The van der Waals surface area contributed by atoms with Gasteiger partial charge in [0.1, 0.15) is 0 Å². The summed E-state index contributed by atoms with van der Waals surface area (Å²) in [7, 11) is 0. The molecule has 3 aliphatic carbocycles. The Morgan fingerprint density at radius 2 is 1.58 bits per heavy atom. The van der Waals surface area contributed by atoms with Gasteiger partial charge in [-0.05, 0) is 61.2 Å². The van der Waals surface area contributed by atoms with Crippen molar-refractivity contribution in [2.24, 2.45) is 29.1 Å². The van der Waals surface area contributed by atoms with Crippen LogP contribution in [0.2, 0.25) is 0 Å². The Hall–Kier alpha value is -0.0400. The van der Waals surface area contributed by atoms with Gasteiger partial charge in [-0.15, -0.1) is 0 Å². The summed E-state index contributed by atoms with van der Waals surface area (Å²) in [6.45, 7) is 5.04. The molecule has 1 heterocycles. The zero-order valence-electron chi connectivity index (χ0n) is 16.4. The van der Waals surface area contributed by atoms with Crippen molar-refractivity contribution in [1.82, 2.24) is 5.32 Å². The summed E-state index contributed by atoms with van der Waals surface area (Å²) in [5.74, 6) is 4.03. The van der Waals surface area contributed by atoms with Gasteiger partial charge in [0.05, 0.1) is 0 Å². The van der Waals surface area contributed by atoms with Gasteiger partial charge in [0.15, 0.2) is 0 Å². The van der Waals surface area contributed by atoms with Crippen LogP contribution in [0, 0.1) is 29.1 Å². The minimum Gasteiger partial charge on any atom is -0.307 e. The van der Waals surface area contributed by atoms with Gasteiger partial charge in [-0.25, -0.2) is 0 Å². The fourth-order valence-corrected chi connectivity index (χ4v) is 7.28. The Bertz CT molecular complexity index is 404. The number of nitrogens with one attached hydrogen (secondary N) is 1. The molecule has 1 N–H and O–H groups in total. The molecular weight excluding hydrogens is 290 g/mol. The van der Waals surface area contributed by atoms with Gasteiger partial charge in [0.25, 0.3) is 0 Å². The third-order valence-electron chi connectivity index (χ3n) is 8.80. The highest BCUT2D eigenvalue weighted by Gasteiger charge is 2.58. The summed E-state index contributed by atoms with van der Waals surface area (Å²) >= 11 is 0. The molecule has 24 heavy (non-hydrogen) atoms. The van der Waals surface area contributed by atoms with Crippen molar-refractivity contribution in [2.75, 3.05) is 0 Å². The molecule has 1 aliphatic heterocycles. The van der Waals surface area contributed by atoms with Crippen LogP contribution in [0.4, 0.5) is 0 Å². The molecule has 0 aromatic carbocycles. The van der Waals surface area contributed by atoms with Crippen molar-refractivity contribution in [3.05, 3.63) is 0 Å². The monoisotopic (exact) mass is 331 g/mol. The molecule has 1 saturated heterocycles. The number of hydrogen-bond donors (Lipinski definition) is 1. The van der Waals surface area contributed by atoms with E-state index in [0.29, 0.717) is 5.41 Å². The smallest absolute Gasteiger partial charge is 0.0286 e. The molecule has 5 atom stereocenters. The highest BCUT2D eigenvalue weighted by atomic mass is 15.2. The van der Waals surface area contributed by atoms with E-state index in [1.807, 2.05) is 0 Å². The first-order chi connectivity index (χ1) is 11.7. The van der Waals surface area contributed by atoms with Crippen LogP contribution in [0.3, 0.4) is 0 Å². The van der Waals surface area contributed by atoms with Crippen LogP contribution in [0.5, 0.6) is 0 Å². The van der Waals surface area contributed by atoms with Gasteiger partial charge in [0, 0.05) is 12.1 Å². The predicted molar refractivity (Wildman–Crippen MR) is 103 cm³/mol. The van der Waals surface area contributed by atoms with E-state index in [2.05, 4.69) is 19.2 Å². The van der Waals surface area contributed by atoms with E-state index < -0.39 is 0 Å². The predicted octanol–water partition coefficient (Wildman–Crippen LogP) is 6.32. The first-order valence-electron chi connectivity index (χ1n) is 11.5. The molecule has 3 saturated carbocycles. The Morgan fingerprint density at radius 3 is 2.29 bits per heavy atom. The summed E-state index contributed by atoms with van der Waals surface area (Å²) < 4.78 is 0. The van der Waals surface area contributed by atoms with Crippen LogP contribution in [0.15, 0.2) is 0 Å². The SMILES string of the molecule is CCC1CCC(C)C(C2(C3NC3C3CCCCC3)CCCCC2)C1. The first kappa shape index (κ1) is 17.4. The maximum Gasteiger partial charge on any atom is 0.0286 e. The molecule has 138 valence electrons. The van der Waals surface area contributed by atoms with Gasteiger partial charge in [0.2, 0.25) is 0 Å². The van der Waals surface area contributed by atoms with Crippen molar-refractivity contribution in [3.8, 4) is 0 Å². The lowest BCUT2D eigenvalue weighted by molar-refractivity contribution is 0.00829. The van der Waals surface area contributed by atoms with Crippen LogP contribution in [-0.2, 0) is 0 Å². The van der Waals surface area contributed by atoms with Gasteiger partial charge in [-0.1, -0.05) is 71.6 Å². The molecule has 1 heteroatoms.